The minimum Gasteiger partial charge on any atom is -0.480 e. The van der Waals surface area contributed by atoms with Gasteiger partial charge in [-0.05, 0) is 19.3 Å². The van der Waals surface area contributed by atoms with Gasteiger partial charge in [0.2, 0.25) is 17.7 Å². The average molecular weight is 563 g/mol. The van der Waals surface area contributed by atoms with E-state index < -0.39 is 48.3 Å². The van der Waals surface area contributed by atoms with E-state index >= 15 is 0 Å². The molecule has 17 heteroatoms. The second-order valence-electron chi connectivity index (χ2n) is 8.47. The molecule has 206 valence electrons. The molecule has 15 nitrogen and oxygen atoms in total. The minimum atomic E-state index is -1.32. The molecule has 0 aromatic carbocycles. The molecule has 2 saturated heterocycles. The summed E-state index contributed by atoms with van der Waals surface area (Å²) in [6.07, 6.45) is 1.58. The van der Waals surface area contributed by atoms with E-state index in [2.05, 4.69) is 31.2 Å². The van der Waals surface area contributed by atoms with Crippen LogP contribution in [0.3, 0.4) is 0 Å². The molecule has 37 heavy (non-hydrogen) atoms. The number of aliphatic carboxylic acids is 2. The number of carboxylic acids is 2. The Morgan fingerprint density at radius 2 is 1.76 bits per heavy atom. The van der Waals surface area contributed by atoms with Gasteiger partial charge in [-0.1, -0.05) is 6.42 Å². The third-order valence-corrected chi connectivity index (χ3v) is 7.83. The van der Waals surface area contributed by atoms with Crippen LogP contribution in [0.1, 0.15) is 38.5 Å². The first kappa shape index (κ1) is 30.1. The van der Waals surface area contributed by atoms with E-state index in [1.807, 2.05) is 0 Å². The zero-order valence-electron chi connectivity index (χ0n) is 19.8. The van der Waals surface area contributed by atoms with E-state index in [1.54, 1.807) is 11.8 Å². The molecule has 0 aromatic rings. The van der Waals surface area contributed by atoms with Crippen LogP contribution in [0.25, 0.3) is 0 Å². The van der Waals surface area contributed by atoms with Crippen molar-refractivity contribution >= 4 is 59.4 Å². The number of urea groups is 1. The van der Waals surface area contributed by atoms with Crippen LogP contribution in [-0.2, 0) is 24.0 Å². The molecular weight excluding hydrogens is 532 g/mol. The highest BCUT2D eigenvalue weighted by atomic mass is 32.2. The molecule has 5 atom stereocenters. The van der Waals surface area contributed by atoms with E-state index in [1.165, 1.54) is 0 Å². The number of carbonyl (C=O) groups is 6. The quantitative estimate of drug-likeness (QED) is 0.0500. The van der Waals surface area contributed by atoms with E-state index in [0.717, 1.165) is 18.6 Å². The van der Waals surface area contributed by atoms with Gasteiger partial charge in [0, 0.05) is 46.1 Å². The first-order valence-electron chi connectivity index (χ1n) is 11.5. The number of unbranched alkanes of at least 4 members (excludes halogenated alkanes) is 1. The summed E-state index contributed by atoms with van der Waals surface area (Å²) < 4.78 is 2.53. The van der Waals surface area contributed by atoms with Gasteiger partial charge in [0.05, 0.1) is 12.1 Å². The summed E-state index contributed by atoms with van der Waals surface area (Å²) in [7, 11) is 0. The number of carbonyl (C=O) groups excluding carboxylic acids is 4. The molecule has 0 spiro atoms. The monoisotopic (exact) mass is 562 g/mol. The Morgan fingerprint density at radius 1 is 1.05 bits per heavy atom. The van der Waals surface area contributed by atoms with E-state index in [4.69, 9.17) is 5.11 Å². The van der Waals surface area contributed by atoms with Crippen molar-refractivity contribution in [3.05, 3.63) is 4.91 Å². The number of thioether (sulfide) groups is 1. The first-order valence-corrected chi connectivity index (χ1v) is 13.5. The number of nitrogens with zero attached hydrogens (tertiary/aromatic N) is 1. The zero-order valence-corrected chi connectivity index (χ0v) is 21.4. The predicted molar refractivity (Wildman–Crippen MR) is 134 cm³/mol. The highest BCUT2D eigenvalue weighted by Crippen LogP contribution is 2.33. The largest absolute Gasteiger partial charge is 0.480 e. The van der Waals surface area contributed by atoms with Crippen LogP contribution in [0, 0.1) is 4.91 Å². The maximum atomic E-state index is 12.2. The molecule has 7 N–H and O–H groups in total. The molecule has 0 saturated carbocycles. The predicted octanol–water partition coefficient (Wildman–Crippen LogP) is -0.838. The Kier molecular flexibility index (Phi) is 12.4. The Balaban J connectivity index is 1.72. The molecule has 2 heterocycles. The molecule has 2 aliphatic rings. The number of hydrogen-bond acceptors (Lipinski definition) is 10. The van der Waals surface area contributed by atoms with Gasteiger partial charge in [-0.25, -0.2) is 9.59 Å². The summed E-state index contributed by atoms with van der Waals surface area (Å²) in [4.78, 5) is 80.5. The van der Waals surface area contributed by atoms with Crippen LogP contribution < -0.4 is 26.6 Å². The lowest BCUT2D eigenvalue weighted by Crippen LogP contribution is -2.49. The summed E-state index contributed by atoms with van der Waals surface area (Å²) in [5, 5.41) is 30.9. The number of amides is 5. The third kappa shape index (κ3) is 10.4. The highest BCUT2D eigenvalue weighted by molar-refractivity contribution is 8.00. The van der Waals surface area contributed by atoms with Crippen molar-refractivity contribution in [3.8, 4) is 0 Å². The second kappa shape index (κ2) is 15.2. The second-order valence-corrected chi connectivity index (χ2v) is 10.5. The van der Waals surface area contributed by atoms with Gasteiger partial charge in [-0.3, -0.25) is 19.2 Å². The lowest BCUT2D eigenvalue weighted by atomic mass is 10.0. The lowest BCUT2D eigenvalue weighted by molar-refractivity contribution is -0.142. The Morgan fingerprint density at radius 3 is 2.43 bits per heavy atom. The van der Waals surface area contributed by atoms with Crippen molar-refractivity contribution in [2.75, 3.05) is 18.1 Å². The van der Waals surface area contributed by atoms with Crippen LogP contribution in [0.15, 0.2) is 4.58 Å². The fourth-order valence-electron chi connectivity index (χ4n) is 3.91. The molecule has 0 bridgehead atoms. The van der Waals surface area contributed by atoms with E-state index in [-0.39, 0.29) is 48.4 Å². The topological polar surface area (TPSA) is 232 Å². The van der Waals surface area contributed by atoms with Crippen molar-refractivity contribution in [2.45, 2.75) is 67.9 Å². The number of nitrogens with one attached hydrogen (secondary N) is 5. The van der Waals surface area contributed by atoms with Gasteiger partial charge in [-0.15, -0.1) is 4.91 Å². The van der Waals surface area contributed by atoms with Gasteiger partial charge in [0.25, 0.3) is 0 Å². The Bertz CT molecular complexity index is 892. The van der Waals surface area contributed by atoms with Crippen LogP contribution in [0.4, 0.5) is 4.79 Å². The normalized spacial score (nSPS) is 21.5. The number of hydrogen-bond donors (Lipinski definition) is 7. The maximum Gasteiger partial charge on any atom is 0.326 e. The van der Waals surface area contributed by atoms with Crippen molar-refractivity contribution in [3.63, 3.8) is 0 Å². The van der Waals surface area contributed by atoms with Crippen LogP contribution in [0.2, 0.25) is 0 Å². The average Bonchev–Trinajstić information content (AvgIpc) is 3.39. The lowest BCUT2D eigenvalue weighted by Gasteiger charge is -2.18. The van der Waals surface area contributed by atoms with Gasteiger partial charge in [-0.2, -0.15) is 11.8 Å². The highest BCUT2D eigenvalue weighted by Gasteiger charge is 2.42. The van der Waals surface area contributed by atoms with Crippen LogP contribution >= 0.6 is 23.7 Å². The maximum absolute atomic E-state index is 12.2. The number of carboxylic acid groups (broad SMARTS) is 2. The summed E-state index contributed by atoms with van der Waals surface area (Å²) in [6.45, 7) is -0.689. The van der Waals surface area contributed by atoms with Crippen molar-refractivity contribution in [2.24, 2.45) is 4.58 Å². The molecular formula is C20H30N6O9S2. The molecule has 2 aliphatic heterocycles. The smallest absolute Gasteiger partial charge is 0.326 e. The van der Waals surface area contributed by atoms with Crippen molar-refractivity contribution < 1.29 is 39.0 Å². The minimum absolute atomic E-state index is 0.0741. The first-order chi connectivity index (χ1) is 17.6. The van der Waals surface area contributed by atoms with Gasteiger partial charge in [0.1, 0.15) is 18.6 Å². The van der Waals surface area contributed by atoms with Crippen LogP contribution in [0.5, 0.6) is 0 Å². The molecule has 2 fully saturated rings. The summed E-state index contributed by atoms with van der Waals surface area (Å²) in [6, 6.07) is -2.55. The SMILES string of the molecule is O=NSC[C@H](NC(=O)CCC(NC(=O)CCCC[C@@H]1SC[C@@H]2NC(=O)NC21)C(=O)O)C(=O)NCC(=O)O. The molecule has 2 rings (SSSR count). The molecule has 0 aromatic heterocycles. The van der Waals surface area contributed by atoms with E-state index in [9.17, 15) is 38.8 Å². The summed E-state index contributed by atoms with van der Waals surface area (Å²) in [5.41, 5.74) is 0. The van der Waals surface area contributed by atoms with E-state index in [0.29, 0.717) is 18.4 Å². The third-order valence-electron chi connectivity index (χ3n) is 5.73. The Hall–Kier alpha value is -3.08. The van der Waals surface area contributed by atoms with Gasteiger partial charge >= 0.3 is 18.0 Å². The number of fused-ring (bicyclic) bond motifs is 1. The van der Waals surface area contributed by atoms with Crippen molar-refractivity contribution in [1.29, 1.82) is 0 Å². The molecule has 5 amide bonds. The van der Waals surface area contributed by atoms with Crippen LogP contribution in [-0.4, -0.2) is 93.4 Å². The Labute approximate surface area is 220 Å². The van der Waals surface area contributed by atoms with Crippen molar-refractivity contribution in [1.82, 2.24) is 26.6 Å². The molecule has 0 aliphatic carbocycles. The molecule has 2 unspecified atom stereocenters. The van der Waals surface area contributed by atoms with Gasteiger partial charge < -0.3 is 36.8 Å². The summed E-state index contributed by atoms with van der Waals surface area (Å²) in [5.74, 6) is -4.07. The standard InChI is InChI=1S/C20H30N6O9S2/c27-14(4-2-1-3-13-17-11(8-36-13)24-20(34)25-17)22-10(19(32)33)5-6-15(28)23-12(9-37-26-35)18(31)21-7-16(29)30/h10-13,17H,1-9H2,(H,21,31)(H,22,27)(H,23,28)(H,29,30)(H,32,33)(H2,24,25,34)/t10?,11-,12-,13-,17?/m0/s1. The van der Waals surface area contributed by atoms with Gasteiger partial charge in [0.15, 0.2) is 0 Å². The molecule has 0 radical (unpaired) electrons. The number of nitroso groups, excluding NO2 is 1. The zero-order chi connectivity index (χ0) is 27.4. The summed E-state index contributed by atoms with van der Waals surface area (Å²) >= 11 is 2.22. The number of rotatable bonds is 17. The fraction of sp³-hybridized carbons (Fsp3) is 0.700. The fourth-order valence-corrected chi connectivity index (χ4v) is 5.90.